The number of carboxylic acids is 1. The first-order chi connectivity index (χ1) is 5.57. The van der Waals surface area contributed by atoms with Crippen LogP contribution in [-0.4, -0.2) is 29.6 Å². The van der Waals surface area contributed by atoms with E-state index in [2.05, 4.69) is 5.32 Å². The lowest BCUT2D eigenvalue weighted by atomic mass is 10.2. The molecule has 0 heterocycles. The highest BCUT2D eigenvalue weighted by Gasteiger charge is 2.12. The van der Waals surface area contributed by atoms with Gasteiger partial charge in [0.2, 0.25) is 5.91 Å². The SMILES string of the molecule is C[C@@H](NC(=O)CCCN)C(=O)O. The maximum atomic E-state index is 10.9. The predicted octanol–water partition coefficient (Wildman–Crippen LogP) is -0.685. The van der Waals surface area contributed by atoms with Gasteiger partial charge in [-0.2, -0.15) is 0 Å². The molecule has 0 aliphatic heterocycles. The molecule has 1 atom stereocenters. The molecular weight excluding hydrogens is 160 g/mol. The molecule has 12 heavy (non-hydrogen) atoms. The third kappa shape index (κ3) is 4.68. The molecule has 0 aliphatic carbocycles. The molecule has 0 rings (SSSR count). The van der Waals surface area contributed by atoms with Crippen molar-refractivity contribution in [3.05, 3.63) is 0 Å². The fourth-order valence-electron chi connectivity index (χ4n) is 0.638. The molecule has 0 saturated heterocycles. The quantitative estimate of drug-likeness (QED) is 0.514. The summed E-state index contributed by atoms with van der Waals surface area (Å²) in [5, 5.41) is 10.7. The van der Waals surface area contributed by atoms with Gasteiger partial charge < -0.3 is 16.2 Å². The molecule has 0 saturated carbocycles. The van der Waals surface area contributed by atoms with E-state index in [-0.39, 0.29) is 12.3 Å². The van der Waals surface area contributed by atoms with Gasteiger partial charge in [-0.25, -0.2) is 0 Å². The van der Waals surface area contributed by atoms with Crippen LogP contribution in [0.4, 0.5) is 0 Å². The highest BCUT2D eigenvalue weighted by atomic mass is 16.4. The van der Waals surface area contributed by atoms with E-state index in [1.165, 1.54) is 6.92 Å². The van der Waals surface area contributed by atoms with Crippen LogP contribution in [0.1, 0.15) is 19.8 Å². The minimum Gasteiger partial charge on any atom is -0.480 e. The standard InChI is InChI=1S/C7H14N2O3/c1-5(7(11)12)9-6(10)3-2-4-8/h5H,2-4,8H2,1H3,(H,9,10)(H,11,12)/t5-/m1/s1. The second-order valence-electron chi connectivity index (χ2n) is 2.52. The monoisotopic (exact) mass is 174 g/mol. The molecule has 0 radical (unpaired) electrons. The number of amides is 1. The average molecular weight is 174 g/mol. The number of carbonyl (C=O) groups excluding carboxylic acids is 1. The van der Waals surface area contributed by atoms with Crippen molar-refractivity contribution in [1.82, 2.24) is 5.32 Å². The van der Waals surface area contributed by atoms with E-state index in [9.17, 15) is 9.59 Å². The predicted molar refractivity (Wildman–Crippen MR) is 43.5 cm³/mol. The first kappa shape index (κ1) is 10.9. The maximum absolute atomic E-state index is 10.9. The summed E-state index contributed by atoms with van der Waals surface area (Å²) in [6.45, 7) is 1.86. The topological polar surface area (TPSA) is 92.4 Å². The number of rotatable bonds is 5. The molecule has 4 N–H and O–H groups in total. The Morgan fingerprint density at radius 3 is 2.58 bits per heavy atom. The van der Waals surface area contributed by atoms with Gasteiger partial charge in [-0.05, 0) is 19.9 Å². The van der Waals surface area contributed by atoms with E-state index in [4.69, 9.17) is 10.8 Å². The number of carbonyl (C=O) groups is 2. The van der Waals surface area contributed by atoms with E-state index in [0.717, 1.165) is 0 Å². The molecule has 70 valence electrons. The Morgan fingerprint density at radius 2 is 2.17 bits per heavy atom. The number of nitrogens with two attached hydrogens (primary N) is 1. The number of aliphatic carboxylic acids is 1. The van der Waals surface area contributed by atoms with Crippen LogP contribution in [0.5, 0.6) is 0 Å². The molecule has 5 nitrogen and oxygen atoms in total. The van der Waals surface area contributed by atoms with Crippen LogP contribution in [0.15, 0.2) is 0 Å². The second kappa shape index (κ2) is 5.54. The van der Waals surface area contributed by atoms with Crippen LogP contribution in [0.2, 0.25) is 0 Å². The van der Waals surface area contributed by atoms with Crippen LogP contribution >= 0.6 is 0 Å². The normalized spacial score (nSPS) is 12.2. The van der Waals surface area contributed by atoms with E-state index in [1.807, 2.05) is 0 Å². The molecule has 0 spiro atoms. The zero-order chi connectivity index (χ0) is 9.56. The zero-order valence-electron chi connectivity index (χ0n) is 7.04. The Kier molecular flexibility index (Phi) is 5.03. The van der Waals surface area contributed by atoms with Crippen molar-refractivity contribution in [2.45, 2.75) is 25.8 Å². The van der Waals surface area contributed by atoms with Crippen molar-refractivity contribution in [1.29, 1.82) is 0 Å². The molecule has 0 unspecified atom stereocenters. The number of nitrogens with one attached hydrogen (secondary N) is 1. The lowest BCUT2D eigenvalue weighted by molar-refractivity contribution is -0.141. The summed E-state index contributed by atoms with van der Waals surface area (Å²) in [4.78, 5) is 21.2. The van der Waals surface area contributed by atoms with Gasteiger partial charge >= 0.3 is 5.97 Å². The molecule has 0 fully saturated rings. The molecule has 5 heteroatoms. The smallest absolute Gasteiger partial charge is 0.325 e. The maximum Gasteiger partial charge on any atom is 0.325 e. The van der Waals surface area contributed by atoms with E-state index < -0.39 is 12.0 Å². The number of hydrogen-bond acceptors (Lipinski definition) is 3. The Balaban J connectivity index is 3.61. The third-order valence-corrected chi connectivity index (χ3v) is 1.36. The minimum atomic E-state index is -1.03. The molecule has 0 aromatic heterocycles. The fourth-order valence-corrected chi connectivity index (χ4v) is 0.638. The lowest BCUT2D eigenvalue weighted by Crippen LogP contribution is -2.38. The van der Waals surface area contributed by atoms with Gasteiger partial charge in [0.05, 0.1) is 0 Å². The van der Waals surface area contributed by atoms with E-state index in [1.54, 1.807) is 0 Å². The summed E-state index contributed by atoms with van der Waals surface area (Å²) < 4.78 is 0. The highest BCUT2D eigenvalue weighted by molar-refractivity contribution is 5.83. The summed E-state index contributed by atoms with van der Waals surface area (Å²) >= 11 is 0. The van der Waals surface area contributed by atoms with Crippen LogP contribution in [0.3, 0.4) is 0 Å². The third-order valence-electron chi connectivity index (χ3n) is 1.36. The second-order valence-corrected chi connectivity index (χ2v) is 2.52. The van der Waals surface area contributed by atoms with Gasteiger partial charge in [0.15, 0.2) is 0 Å². The zero-order valence-corrected chi connectivity index (χ0v) is 7.04. The fraction of sp³-hybridized carbons (Fsp3) is 0.714. The number of hydrogen-bond donors (Lipinski definition) is 3. The Bertz CT molecular complexity index is 170. The molecule has 0 aromatic carbocycles. The Labute approximate surface area is 70.9 Å². The first-order valence-electron chi connectivity index (χ1n) is 3.80. The number of carboxylic acid groups (broad SMARTS) is 1. The summed E-state index contributed by atoms with van der Waals surface area (Å²) in [7, 11) is 0. The van der Waals surface area contributed by atoms with Crippen LogP contribution in [0.25, 0.3) is 0 Å². The molecule has 0 bridgehead atoms. The first-order valence-corrected chi connectivity index (χ1v) is 3.80. The van der Waals surface area contributed by atoms with Gasteiger partial charge in [-0.1, -0.05) is 0 Å². The van der Waals surface area contributed by atoms with Crippen molar-refractivity contribution >= 4 is 11.9 Å². The molecule has 0 aliphatic rings. The summed E-state index contributed by atoms with van der Waals surface area (Å²) in [6.07, 6.45) is 0.867. The van der Waals surface area contributed by atoms with Crippen LogP contribution < -0.4 is 11.1 Å². The van der Waals surface area contributed by atoms with Crippen molar-refractivity contribution in [2.75, 3.05) is 6.54 Å². The minimum absolute atomic E-state index is 0.268. The lowest BCUT2D eigenvalue weighted by Gasteiger charge is -2.07. The van der Waals surface area contributed by atoms with Gasteiger partial charge in [0.25, 0.3) is 0 Å². The Morgan fingerprint density at radius 1 is 1.58 bits per heavy atom. The largest absolute Gasteiger partial charge is 0.480 e. The van der Waals surface area contributed by atoms with Crippen LogP contribution in [0, 0.1) is 0 Å². The van der Waals surface area contributed by atoms with Crippen molar-refractivity contribution < 1.29 is 14.7 Å². The van der Waals surface area contributed by atoms with E-state index >= 15 is 0 Å². The van der Waals surface area contributed by atoms with Gasteiger partial charge in [0, 0.05) is 6.42 Å². The van der Waals surface area contributed by atoms with Crippen molar-refractivity contribution in [3.8, 4) is 0 Å². The molecular formula is C7H14N2O3. The molecule has 0 aromatic rings. The average Bonchev–Trinajstić information content (AvgIpc) is 2.00. The van der Waals surface area contributed by atoms with Crippen LogP contribution in [-0.2, 0) is 9.59 Å². The van der Waals surface area contributed by atoms with Gasteiger partial charge in [-0.15, -0.1) is 0 Å². The van der Waals surface area contributed by atoms with Crippen molar-refractivity contribution in [2.24, 2.45) is 5.73 Å². The molecule has 1 amide bonds. The van der Waals surface area contributed by atoms with Crippen molar-refractivity contribution in [3.63, 3.8) is 0 Å². The highest BCUT2D eigenvalue weighted by Crippen LogP contribution is 1.88. The van der Waals surface area contributed by atoms with Gasteiger partial charge in [-0.3, -0.25) is 9.59 Å². The van der Waals surface area contributed by atoms with E-state index in [0.29, 0.717) is 13.0 Å². The summed E-state index contributed by atoms with van der Waals surface area (Å²) in [5.41, 5.74) is 5.17. The summed E-state index contributed by atoms with van der Waals surface area (Å²) in [6, 6.07) is -0.824. The summed E-state index contributed by atoms with van der Waals surface area (Å²) in [5.74, 6) is -1.30. The van der Waals surface area contributed by atoms with Gasteiger partial charge in [0.1, 0.15) is 6.04 Å². The Hall–Kier alpha value is -1.10.